The molecule has 112 valence electrons. The quantitative estimate of drug-likeness (QED) is 0.900. The lowest BCUT2D eigenvalue weighted by Gasteiger charge is -2.32. The fraction of sp³-hybridized carbons (Fsp3) is 0.857. The number of hydrogen-bond acceptors (Lipinski definition) is 6. The number of likely N-dealkylation sites (tertiary alicyclic amines) is 2. The number of piperidine rings is 1. The van der Waals surface area contributed by atoms with Crippen LogP contribution in [0, 0.1) is 0 Å². The zero-order valence-corrected chi connectivity index (χ0v) is 13.2. The van der Waals surface area contributed by atoms with Crippen LogP contribution in [-0.4, -0.2) is 58.2 Å². The molecule has 0 bridgehead atoms. The van der Waals surface area contributed by atoms with E-state index in [4.69, 9.17) is 0 Å². The molecule has 5 nitrogen and oxygen atoms in total. The van der Waals surface area contributed by atoms with Crippen molar-refractivity contribution in [2.75, 3.05) is 38.0 Å². The average Bonchev–Trinajstić information content (AvgIpc) is 3.11. The van der Waals surface area contributed by atoms with Crippen molar-refractivity contribution in [1.82, 2.24) is 19.4 Å². The minimum absolute atomic E-state index is 0.768. The van der Waals surface area contributed by atoms with Crippen molar-refractivity contribution in [3.8, 4) is 0 Å². The molecule has 2 saturated heterocycles. The monoisotopic (exact) mass is 295 g/mol. The van der Waals surface area contributed by atoms with E-state index in [-0.39, 0.29) is 0 Å². The van der Waals surface area contributed by atoms with Gasteiger partial charge in [-0.3, -0.25) is 9.80 Å². The summed E-state index contributed by atoms with van der Waals surface area (Å²) in [6.45, 7) is 9.01. The van der Waals surface area contributed by atoms with Crippen molar-refractivity contribution in [3.05, 3.63) is 5.69 Å². The number of rotatable bonds is 5. The highest BCUT2D eigenvalue weighted by Crippen LogP contribution is 2.24. The van der Waals surface area contributed by atoms with Crippen molar-refractivity contribution in [2.45, 2.75) is 45.2 Å². The Hall–Kier alpha value is -0.720. The van der Waals surface area contributed by atoms with Gasteiger partial charge in [0.2, 0.25) is 0 Å². The van der Waals surface area contributed by atoms with Crippen LogP contribution < -0.4 is 5.32 Å². The molecule has 0 aliphatic carbocycles. The van der Waals surface area contributed by atoms with Gasteiger partial charge in [0.05, 0.1) is 0 Å². The lowest BCUT2D eigenvalue weighted by Crippen LogP contribution is -2.40. The topological polar surface area (TPSA) is 44.3 Å². The summed E-state index contributed by atoms with van der Waals surface area (Å²) in [7, 11) is 0. The summed E-state index contributed by atoms with van der Waals surface area (Å²) in [5, 5.41) is 8.79. The Bertz CT molecular complexity index is 415. The molecular weight excluding hydrogens is 270 g/mol. The number of nitrogens with one attached hydrogen (secondary N) is 1. The van der Waals surface area contributed by atoms with Gasteiger partial charge in [0.1, 0.15) is 10.7 Å². The van der Waals surface area contributed by atoms with Crippen LogP contribution in [0.25, 0.3) is 0 Å². The van der Waals surface area contributed by atoms with Gasteiger partial charge in [0.25, 0.3) is 0 Å². The van der Waals surface area contributed by atoms with Gasteiger partial charge in [-0.15, -0.1) is 5.10 Å². The van der Waals surface area contributed by atoms with Crippen LogP contribution in [0.2, 0.25) is 0 Å². The molecule has 2 aliphatic heterocycles. The molecule has 2 aliphatic rings. The summed E-state index contributed by atoms with van der Waals surface area (Å²) in [5.74, 6) is 0. The summed E-state index contributed by atoms with van der Waals surface area (Å²) in [5.41, 5.74) is 1.12. The Labute approximate surface area is 125 Å². The largest absolute Gasteiger partial charge is 0.374 e. The van der Waals surface area contributed by atoms with Gasteiger partial charge < -0.3 is 5.32 Å². The number of nitrogens with zero attached hydrogens (tertiary/aromatic N) is 4. The molecule has 2 fully saturated rings. The maximum Gasteiger partial charge on any atom is 0.134 e. The number of anilines is 1. The highest BCUT2D eigenvalue weighted by molar-refractivity contribution is 7.10. The van der Waals surface area contributed by atoms with E-state index in [2.05, 4.69) is 31.6 Å². The highest BCUT2D eigenvalue weighted by atomic mass is 32.1. The summed E-state index contributed by atoms with van der Waals surface area (Å²) in [6.07, 6.45) is 5.51. The first kappa shape index (κ1) is 14.2. The van der Waals surface area contributed by atoms with Crippen molar-refractivity contribution in [3.63, 3.8) is 0 Å². The zero-order chi connectivity index (χ0) is 13.8. The van der Waals surface area contributed by atoms with Crippen LogP contribution in [-0.2, 0) is 6.54 Å². The van der Waals surface area contributed by atoms with Gasteiger partial charge >= 0.3 is 0 Å². The van der Waals surface area contributed by atoms with Gasteiger partial charge in [-0.05, 0) is 39.3 Å². The first-order valence-corrected chi connectivity index (χ1v) is 8.65. The van der Waals surface area contributed by atoms with Crippen molar-refractivity contribution in [1.29, 1.82) is 0 Å². The van der Waals surface area contributed by atoms with Gasteiger partial charge in [-0.25, -0.2) is 0 Å². The summed E-state index contributed by atoms with van der Waals surface area (Å²) in [4.78, 5) is 5.24. The molecule has 6 heteroatoms. The Morgan fingerprint density at radius 3 is 2.90 bits per heavy atom. The first-order valence-electron chi connectivity index (χ1n) is 7.88. The Balaban J connectivity index is 1.53. The van der Waals surface area contributed by atoms with E-state index in [1.807, 2.05) is 0 Å². The van der Waals surface area contributed by atoms with E-state index in [0.717, 1.165) is 29.8 Å². The molecule has 0 spiro atoms. The fourth-order valence-corrected chi connectivity index (χ4v) is 4.00. The first-order chi connectivity index (χ1) is 9.86. The predicted octanol–water partition coefficient (Wildman–Crippen LogP) is 2.03. The van der Waals surface area contributed by atoms with E-state index < -0.39 is 0 Å². The molecule has 1 aromatic heterocycles. The van der Waals surface area contributed by atoms with Crippen molar-refractivity contribution < 1.29 is 0 Å². The van der Waals surface area contributed by atoms with Crippen LogP contribution in [0.1, 0.15) is 38.3 Å². The molecular formula is C14H25N5S. The molecule has 3 rings (SSSR count). The molecule has 3 heterocycles. The van der Waals surface area contributed by atoms with Crippen LogP contribution in [0.3, 0.4) is 0 Å². The molecule has 0 amide bonds. The molecule has 20 heavy (non-hydrogen) atoms. The Morgan fingerprint density at radius 2 is 2.10 bits per heavy atom. The van der Waals surface area contributed by atoms with E-state index in [1.165, 1.54) is 63.4 Å². The number of aromatic nitrogens is 2. The SMILES string of the molecule is CCNc1snnc1CN1CCC(N2CCCCC2)C1. The summed E-state index contributed by atoms with van der Waals surface area (Å²) in [6, 6.07) is 0.768. The van der Waals surface area contributed by atoms with Gasteiger partial charge in [-0.2, -0.15) is 0 Å². The van der Waals surface area contributed by atoms with E-state index in [1.54, 1.807) is 0 Å². The minimum Gasteiger partial charge on any atom is -0.374 e. The average molecular weight is 295 g/mol. The molecule has 1 atom stereocenters. The third-order valence-corrected chi connectivity index (χ3v) is 5.15. The molecule has 1 N–H and O–H groups in total. The van der Waals surface area contributed by atoms with E-state index in [9.17, 15) is 0 Å². The molecule has 1 unspecified atom stereocenters. The second-order valence-electron chi connectivity index (χ2n) is 5.85. The second-order valence-corrected chi connectivity index (χ2v) is 6.61. The van der Waals surface area contributed by atoms with Crippen LogP contribution in [0.4, 0.5) is 5.00 Å². The van der Waals surface area contributed by atoms with Crippen LogP contribution in [0.5, 0.6) is 0 Å². The molecule has 0 saturated carbocycles. The molecule has 1 aromatic rings. The standard InChI is InChI=1S/C14H25N5S/c1-2-15-14-13(16-17-20-14)11-18-9-6-12(10-18)19-7-4-3-5-8-19/h12,15H,2-11H2,1H3. The van der Waals surface area contributed by atoms with Gasteiger partial charge in [0, 0.05) is 43.8 Å². The van der Waals surface area contributed by atoms with Gasteiger partial charge in [0.15, 0.2) is 0 Å². The molecule has 0 aromatic carbocycles. The van der Waals surface area contributed by atoms with E-state index >= 15 is 0 Å². The maximum absolute atomic E-state index is 4.29. The lowest BCUT2D eigenvalue weighted by molar-refractivity contribution is 0.161. The lowest BCUT2D eigenvalue weighted by atomic mass is 10.1. The smallest absolute Gasteiger partial charge is 0.134 e. The molecule has 0 radical (unpaired) electrons. The fourth-order valence-electron chi connectivity index (χ4n) is 3.36. The van der Waals surface area contributed by atoms with Crippen molar-refractivity contribution >= 4 is 16.5 Å². The van der Waals surface area contributed by atoms with Crippen molar-refractivity contribution in [2.24, 2.45) is 0 Å². The summed E-state index contributed by atoms with van der Waals surface area (Å²) < 4.78 is 4.08. The summed E-state index contributed by atoms with van der Waals surface area (Å²) >= 11 is 1.48. The van der Waals surface area contributed by atoms with Gasteiger partial charge in [-0.1, -0.05) is 10.9 Å². The second kappa shape index (κ2) is 6.83. The Morgan fingerprint density at radius 1 is 1.25 bits per heavy atom. The van der Waals surface area contributed by atoms with E-state index in [0.29, 0.717) is 0 Å². The highest BCUT2D eigenvalue weighted by Gasteiger charge is 2.29. The Kier molecular flexibility index (Phi) is 4.86. The zero-order valence-electron chi connectivity index (χ0n) is 12.3. The minimum atomic E-state index is 0.768. The van der Waals surface area contributed by atoms with Crippen LogP contribution in [0.15, 0.2) is 0 Å². The third-order valence-electron chi connectivity index (χ3n) is 4.42. The third kappa shape index (κ3) is 3.30. The maximum atomic E-state index is 4.29. The number of hydrogen-bond donors (Lipinski definition) is 1. The van der Waals surface area contributed by atoms with Crippen LogP contribution >= 0.6 is 11.5 Å². The predicted molar refractivity (Wildman–Crippen MR) is 83.2 cm³/mol. The normalized spacial score (nSPS) is 25.1.